The maximum Gasteiger partial charge on any atom is 0.166 e. The van der Waals surface area contributed by atoms with E-state index in [4.69, 9.17) is 11.5 Å². The van der Waals surface area contributed by atoms with Gasteiger partial charge < -0.3 is 11.5 Å². The summed E-state index contributed by atoms with van der Waals surface area (Å²) in [6, 6.07) is 6.87. The van der Waals surface area contributed by atoms with Gasteiger partial charge in [0.05, 0.1) is 17.4 Å². The van der Waals surface area contributed by atoms with E-state index in [1.807, 2.05) is 12.1 Å². The monoisotopic (exact) mass is 269 g/mol. The minimum atomic E-state index is -0.326. The van der Waals surface area contributed by atoms with Crippen molar-refractivity contribution in [3.63, 3.8) is 0 Å². The van der Waals surface area contributed by atoms with Crippen molar-refractivity contribution < 1.29 is 4.39 Å². The Balaban J connectivity index is 2.01. The molecule has 0 amide bonds. The van der Waals surface area contributed by atoms with Gasteiger partial charge in [0.2, 0.25) is 0 Å². The van der Waals surface area contributed by atoms with Crippen LogP contribution in [0.15, 0.2) is 36.7 Å². The molecule has 4 N–H and O–H groups in total. The summed E-state index contributed by atoms with van der Waals surface area (Å²) in [5.41, 5.74) is 12.8. The molecule has 0 fully saturated rings. The summed E-state index contributed by atoms with van der Waals surface area (Å²) in [4.78, 5) is 12.1. The molecule has 0 aliphatic heterocycles. The standard InChI is InChI=1S/C14H12FN5/c15-11-6-12-8(2-1-3-18-12)4-9(11)5-10-7-19-13(16)14(17)20-10/h1-4,6-7H,5H2,(H2,16,19)(H2,17,20). The number of nitrogens with zero attached hydrogens (tertiary/aromatic N) is 3. The van der Waals surface area contributed by atoms with Crippen molar-refractivity contribution in [2.75, 3.05) is 11.5 Å². The number of nitrogen functional groups attached to an aromatic ring is 2. The zero-order valence-corrected chi connectivity index (χ0v) is 10.5. The van der Waals surface area contributed by atoms with Gasteiger partial charge in [-0.2, -0.15) is 0 Å². The average molecular weight is 269 g/mol. The third-order valence-electron chi connectivity index (χ3n) is 3.02. The Morgan fingerprint density at radius 3 is 2.75 bits per heavy atom. The van der Waals surface area contributed by atoms with Crippen LogP contribution in [0.25, 0.3) is 10.9 Å². The van der Waals surface area contributed by atoms with E-state index in [2.05, 4.69) is 15.0 Å². The van der Waals surface area contributed by atoms with E-state index < -0.39 is 0 Å². The van der Waals surface area contributed by atoms with Crippen LogP contribution in [0.1, 0.15) is 11.3 Å². The lowest BCUT2D eigenvalue weighted by molar-refractivity contribution is 0.615. The van der Waals surface area contributed by atoms with Gasteiger partial charge >= 0.3 is 0 Å². The normalized spacial score (nSPS) is 10.8. The number of rotatable bonds is 2. The molecule has 100 valence electrons. The second-order valence-corrected chi connectivity index (χ2v) is 4.45. The maximum absolute atomic E-state index is 14.0. The average Bonchev–Trinajstić information content (AvgIpc) is 2.44. The highest BCUT2D eigenvalue weighted by Gasteiger charge is 2.08. The molecule has 2 aromatic heterocycles. The number of fused-ring (bicyclic) bond motifs is 1. The predicted molar refractivity (Wildman–Crippen MR) is 75.4 cm³/mol. The van der Waals surface area contributed by atoms with Crippen LogP contribution in [0.5, 0.6) is 0 Å². The van der Waals surface area contributed by atoms with E-state index in [1.54, 1.807) is 12.3 Å². The van der Waals surface area contributed by atoms with E-state index in [0.29, 0.717) is 23.2 Å². The molecule has 0 spiro atoms. The molecule has 0 radical (unpaired) electrons. The molecule has 0 unspecified atom stereocenters. The van der Waals surface area contributed by atoms with E-state index in [1.165, 1.54) is 12.3 Å². The smallest absolute Gasteiger partial charge is 0.166 e. The van der Waals surface area contributed by atoms with Crippen molar-refractivity contribution in [3.8, 4) is 0 Å². The molecule has 0 aliphatic carbocycles. The summed E-state index contributed by atoms with van der Waals surface area (Å²) in [5, 5.41) is 0.875. The molecule has 3 rings (SSSR count). The van der Waals surface area contributed by atoms with Crippen molar-refractivity contribution in [1.82, 2.24) is 15.0 Å². The van der Waals surface area contributed by atoms with E-state index in [-0.39, 0.29) is 17.5 Å². The third kappa shape index (κ3) is 2.23. The second-order valence-electron chi connectivity index (χ2n) is 4.45. The summed E-state index contributed by atoms with van der Waals surface area (Å²) >= 11 is 0. The van der Waals surface area contributed by atoms with Gasteiger partial charge in [0, 0.05) is 24.1 Å². The minimum absolute atomic E-state index is 0.158. The lowest BCUT2D eigenvalue weighted by Gasteiger charge is -2.06. The summed E-state index contributed by atoms with van der Waals surface area (Å²) in [6.07, 6.45) is 3.43. The first-order chi connectivity index (χ1) is 9.63. The number of nitrogens with two attached hydrogens (primary N) is 2. The molecule has 20 heavy (non-hydrogen) atoms. The topological polar surface area (TPSA) is 90.7 Å². The Labute approximate surface area is 114 Å². The fourth-order valence-corrected chi connectivity index (χ4v) is 2.01. The molecule has 1 aromatic carbocycles. The van der Waals surface area contributed by atoms with Crippen LogP contribution < -0.4 is 11.5 Å². The van der Waals surface area contributed by atoms with Gasteiger partial charge in [0.15, 0.2) is 11.6 Å². The van der Waals surface area contributed by atoms with E-state index in [0.717, 1.165) is 5.39 Å². The molecule has 2 heterocycles. The molecule has 3 aromatic rings. The van der Waals surface area contributed by atoms with Crippen LogP contribution in [0, 0.1) is 5.82 Å². The van der Waals surface area contributed by atoms with E-state index >= 15 is 0 Å². The summed E-state index contributed by atoms with van der Waals surface area (Å²) in [5.74, 6) is 0.00990. The zero-order chi connectivity index (χ0) is 14.1. The fourth-order valence-electron chi connectivity index (χ4n) is 2.01. The lowest BCUT2D eigenvalue weighted by atomic mass is 10.1. The highest BCUT2D eigenvalue weighted by Crippen LogP contribution is 2.20. The molecule has 0 atom stereocenters. The predicted octanol–water partition coefficient (Wildman–Crippen LogP) is 1.92. The Bertz CT molecular complexity index is 788. The zero-order valence-electron chi connectivity index (χ0n) is 10.5. The highest BCUT2D eigenvalue weighted by atomic mass is 19.1. The number of halogens is 1. The number of pyridine rings is 1. The molecule has 6 heteroatoms. The first kappa shape index (κ1) is 12.3. The van der Waals surface area contributed by atoms with Crippen molar-refractivity contribution >= 4 is 22.5 Å². The molecule has 0 saturated carbocycles. The molecular weight excluding hydrogens is 257 g/mol. The number of hydrogen-bond donors (Lipinski definition) is 2. The first-order valence-corrected chi connectivity index (χ1v) is 6.03. The van der Waals surface area contributed by atoms with Crippen molar-refractivity contribution in [2.45, 2.75) is 6.42 Å². The SMILES string of the molecule is Nc1ncc(Cc2cc3cccnc3cc2F)nc1N. The largest absolute Gasteiger partial charge is 0.381 e. The van der Waals surface area contributed by atoms with Gasteiger partial charge in [0.1, 0.15) is 5.82 Å². The molecule has 0 saturated heterocycles. The van der Waals surface area contributed by atoms with Crippen molar-refractivity contribution in [2.24, 2.45) is 0 Å². The van der Waals surface area contributed by atoms with Gasteiger partial charge in [-0.25, -0.2) is 14.4 Å². The van der Waals surface area contributed by atoms with Crippen LogP contribution >= 0.6 is 0 Å². The molecular formula is C14H12FN5. The number of hydrogen-bond acceptors (Lipinski definition) is 5. The van der Waals surface area contributed by atoms with Crippen LogP contribution in [0.3, 0.4) is 0 Å². The Morgan fingerprint density at radius 2 is 1.95 bits per heavy atom. The quantitative estimate of drug-likeness (QED) is 0.741. The van der Waals surface area contributed by atoms with Crippen LogP contribution in [0.4, 0.5) is 16.0 Å². The van der Waals surface area contributed by atoms with E-state index in [9.17, 15) is 4.39 Å². The molecule has 0 aliphatic rings. The van der Waals surface area contributed by atoms with Gasteiger partial charge in [0.25, 0.3) is 0 Å². The highest BCUT2D eigenvalue weighted by molar-refractivity contribution is 5.79. The summed E-state index contributed by atoms with van der Waals surface area (Å²) < 4.78 is 14.0. The van der Waals surface area contributed by atoms with Gasteiger partial charge in [-0.15, -0.1) is 0 Å². The maximum atomic E-state index is 14.0. The van der Waals surface area contributed by atoms with Crippen LogP contribution in [-0.4, -0.2) is 15.0 Å². The van der Waals surface area contributed by atoms with Crippen molar-refractivity contribution in [3.05, 3.63) is 53.7 Å². The Morgan fingerprint density at radius 1 is 1.10 bits per heavy atom. The fraction of sp³-hybridized carbons (Fsp3) is 0.0714. The molecule has 5 nitrogen and oxygen atoms in total. The Hall–Kier alpha value is -2.76. The number of benzene rings is 1. The van der Waals surface area contributed by atoms with Crippen LogP contribution in [-0.2, 0) is 6.42 Å². The van der Waals surface area contributed by atoms with Crippen LogP contribution in [0.2, 0.25) is 0 Å². The summed E-state index contributed by atoms with van der Waals surface area (Å²) in [6.45, 7) is 0. The van der Waals surface area contributed by atoms with Gasteiger partial charge in [-0.3, -0.25) is 4.98 Å². The Kier molecular flexibility index (Phi) is 2.90. The summed E-state index contributed by atoms with van der Waals surface area (Å²) in [7, 11) is 0. The first-order valence-electron chi connectivity index (χ1n) is 6.03. The van der Waals surface area contributed by atoms with Crippen molar-refractivity contribution in [1.29, 1.82) is 0 Å². The molecule has 0 bridgehead atoms. The third-order valence-corrected chi connectivity index (χ3v) is 3.02. The lowest BCUT2D eigenvalue weighted by Crippen LogP contribution is -2.04. The number of aromatic nitrogens is 3. The second kappa shape index (κ2) is 4.73. The number of anilines is 2. The van der Waals surface area contributed by atoms with Gasteiger partial charge in [-0.1, -0.05) is 6.07 Å². The van der Waals surface area contributed by atoms with Gasteiger partial charge in [-0.05, 0) is 17.7 Å². The minimum Gasteiger partial charge on any atom is -0.381 e.